The topological polar surface area (TPSA) is 181 Å². The van der Waals surface area contributed by atoms with Gasteiger partial charge < -0.3 is 43.6 Å². The van der Waals surface area contributed by atoms with Gasteiger partial charge in [-0.05, 0) is 240 Å². The maximum atomic E-state index is 17.5. The second-order valence-corrected chi connectivity index (χ2v) is 34.8. The molecule has 9 bridgehead atoms. The molecule has 0 radical (unpaired) electrons. The first-order valence-electron chi connectivity index (χ1n) is 36.4. The summed E-state index contributed by atoms with van der Waals surface area (Å²) in [5, 5.41) is 42.2. The molecule has 15 fully saturated rings. The van der Waals surface area contributed by atoms with Gasteiger partial charge in [0.1, 0.15) is 29.7 Å². The van der Waals surface area contributed by atoms with Crippen LogP contribution in [0.3, 0.4) is 0 Å². The number of fused-ring (bicyclic) bond motifs is 9. The van der Waals surface area contributed by atoms with Crippen LogP contribution >= 0.6 is 0 Å². The monoisotopic (exact) mass is 1220 g/mol. The Morgan fingerprint density at radius 3 is 2.59 bits per heavy atom. The molecule has 2 aromatic rings. The minimum absolute atomic E-state index is 0.0180. The molecule has 1 aromatic heterocycles. The number of allylic oxidation sites excluding steroid dienone is 1. The number of esters is 2. The molecule has 12 aliphatic carbocycles. The largest absolute Gasteiger partial charge is 0.469 e. The maximum absolute atomic E-state index is 17.5. The van der Waals surface area contributed by atoms with Gasteiger partial charge in [-0.3, -0.25) is 14.9 Å². The number of Topliss-reactive ketones (excluding diaryl/α,β-unsaturated/α-hetero) is 1. The van der Waals surface area contributed by atoms with Gasteiger partial charge in [0.05, 0.1) is 54.4 Å². The molecular weight excluding hydrogens is 1130 g/mol. The van der Waals surface area contributed by atoms with Crippen LogP contribution in [0.4, 0.5) is 0 Å². The highest BCUT2D eigenvalue weighted by molar-refractivity contribution is 5.94. The van der Waals surface area contributed by atoms with Crippen molar-refractivity contribution >= 4 is 17.7 Å². The summed E-state index contributed by atoms with van der Waals surface area (Å²) in [5.41, 5.74) is -4.74. The van der Waals surface area contributed by atoms with Gasteiger partial charge in [-0.1, -0.05) is 74.1 Å². The number of nitrogens with one attached hydrogen (secondary N) is 1. The number of ketones is 1. The third-order valence-electron chi connectivity index (χ3n) is 33.1. The molecule has 90 heavy (non-hydrogen) atoms. The molecule has 476 valence electrons. The van der Waals surface area contributed by atoms with E-state index >= 15 is 19.5 Å². The van der Waals surface area contributed by atoms with E-state index in [2.05, 4.69) is 84.6 Å². The molecule has 13 heteroatoms. The van der Waals surface area contributed by atoms with Gasteiger partial charge in [0.25, 0.3) is 0 Å². The number of aliphatic hydroxyl groups is 3. The van der Waals surface area contributed by atoms with Crippen LogP contribution in [0.1, 0.15) is 165 Å². The molecule has 0 unspecified atom stereocenters. The Bertz CT molecular complexity index is 3640. The highest BCUT2D eigenvalue weighted by Gasteiger charge is 3.02. The molecule has 5 saturated heterocycles. The molecule has 8 heterocycles. The Morgan fingerprint density at radius 2 is 1.73 bits per heavy atom. The number of carbonyl (C=O) groups excluding carboxylic acids is 3. The van der Waals surface area contributed by atoms with Crippen LogP contribution in [0.25, 0.3) is 0 Å². The lowest BCUT2D eigenvalue weighted by atomic mass is 9.27. The minimum Gasteiger partial charge on any atom is -0.469 e. The SMILES string of the molecule is C[C@]12C[C@@H]3[C@@H]4[C@@]56COC(=O)[C@H]7[C@@]89[C@H](CC[C@]8%10CCC8(CCCC8)[C@@H]%10CC[C@@H]39)CC3=CC[C@](C)(O[C@@]375)[C@H]6C(=O)[C@@H](O)[C@]43[C@H]4C[C@@H](Cc5ccccc5)CC[C@@H]4C#C[C@H]4CCc5coc(C[C@@H]([C@H]6CC[C@H]7[C@H](C=CN8CNC[C@H]78)C6)[C@H](O)CO)c5[C@@]41OC(=O)[C@H]1O[C@@]132. The predicted octanol–water partition coefficient (Wildman–Crippen LogP) is 9.71. The maximum Gasteiger partial charge on any atom is 0.339 e. The van der Waals surface area contributed by atoms with Crippen molar-refractivity contribution in [3.05, 3.63) is 83.0 Å². The first-order chi connectivity index (χ1) is 43.7. The molecule has 28 atom stereocenters. The molecule has 1 aromatic carbocycles. The third-order valence-corrected chi connectivity index (χ3v) is 33.1. The Labute approximate surface area is 529 Å². The van der Waals surface area contributed by atoms with E-state index in [1.54, 1.807) is 0 Å². The summed E-state index contributed by atoms with van der Waals surface area (Å²) in [4.78, 5) is 53.1. The zero-order valence-corrected chi connectivity index (χ0v) is 52.8. The first-order valence-corrected chi connectivity index (χ1v) is 36.4. The number of aliphatic hydroxyl groups excluding tert-OH is 3. The number of aryl methyl sites for hydroxylation is 1. The van der Waals surface area contributed by atoms with E-state index in [9.17, 15) is 10.2 Å². The fourth-order valence-electron chi connectivity index (χ4n) is 31.3. The summed E-state index contributed by atoms with van der Waals surface area (Å²) < 4.78 is 38.5. The van der Waals surface area contributed by atoms with E-state index in [4.69, 9.17) is 23.4 Å². The van der Waals surface area contributed by atoms with Gasteiger partial charge >= 0.3 is 11.9 Å². The van der Waals surface area contributed by atoms with Crippen molar-refractivity contribution in [2.24, 2.45) is 121 Å². The van der Waals surface area contributed by atoms with E-state index in [-0.39, 0.29) is 83.1 Å². The Hall–Kier alpha value is -4.29. The fraction of sp³-hybridized carbons (Fsp3) is 0.753. The average Bonchev–Trinajstić information content (AvgIpc) is 1.40. The fourth-order valence-corrected chi connectivity index (χ4v) is 31.3. The zero-order valence-electron chi connectivity index (χ0n) is 52.8. The van der Waals surface area contributed by atoms with Crippen molar-refractivity contribution < 1.29 is 53.1 Å². The number of hydrogen-bond donors (Lipinski definition) is 4. The number of carbonyl (C=O) groups is 3. The minimum atomic E-state index is -1.55. The number of nitrogens with zero attached hydrogens (tertiary/aromatic N) is 1. The molecule has 4 N–H and O–H groups in total. The summed E-state index contributed by atoms with van der Waals surface area (Å²) in [5.74, 6) is 6.52. The van der Waals surface area contributed by atoms with E-state index in [1.807, 2.05) is 6.26 Å². The summed E-state index contributed by atoms with van der Waals surface area (Å²) in [6.45, 7) is 6.06. The van der Waals surface area contributed by atoms with Crippen molar-refractivity contribution in [2.45, 2.75) is 208 Å². The number of furan rings is 1. The van der Waals surface area contributed by atoms with Gasteiger partial charge in [0, 0.05) is 41.3 Å². The van der Waals surface area contributed by atoms with Crippen LogP contribution in [0.2, 0.25) is 0 Å². The number of rotatable bonds is 7. The molecule has 10 saturated carbocycles. The first kappa shape index (κ1) is 55.0. The lowest BCUT2D eigenvalue weighted by Gasteiger charge is -2.75. The number of hydrogen-bond acceptors (Lipinski definition) is 13. The molecule has 0 amide bonds. The lowest BCUT2D eigenvalue weighted by Crippen LogP contribution is -2.84. The van der Waals surface area contributed by atoms with E-state index < -0.39 is 92.0 Å². The molecule has 19 aliphatic rings. The molecule has 7 aliphatic heterocycles. The lowest BCUT2D eigenvalue weighted by molar-refractivity contribution is -0.322. The van der Waals surface area contributed by atoms with Crippen LogP contribution in [-0.4, -0.2) is 106 Å². The zero-order chi connectivity index (χ0) is 60.3. The third kappa shape index (κ3) is 5.71. The number of epoxide rings is 1. The van der Waals surface area contributed by atoms with Crippen LogP contribution < -0.4 is 5.32 Å². The number of cyclic esters (lactones) is 1. The average molecular weight is 1220 g/mol. The summed E-state index contributed by atoms with van der Waals surface area (Å²) in [6, 6.07) is 11.3. The number of benzene rings is 1. The van der Waals surface area contributed by atoms with Gasteiger partial charge in [-0.25, -0.2) is 4.79 Å². The van der Waals surface area contributed by atoms with Crippen molar-refractivity contribution in [1.82, 2.24) is 10.2 Å². The smallest absolute Gasteiger partial charge is 0.339 e. The second-order valence-electron chi connectivity index (χ2n) is 34.8. The van der Waals surface area contributed by atoms with Crippen molar-refractivity contribution in [3.8, 4) is 11.8 Å². The molecule has 21 rings (SSSR count). The van der Waals surface area contributed by atoms with Gasteiger partial charge in [-0.2, -0.15) is 0 Å². The Kier molecular flexibility index (Phi) is 10.8. The van der Waals surface area contributed by atoms with Crippen LogP contribution in [0.15, 0.2) is 64.9 Å². The summed E-state index contributed by atoms with van der Waals surface area (Å²) >= 11 is 0. The summed E-state index contributed by atoms with van der Waals surface area (Å²) in [7, 11) is 0. The normalized spacial score (nSPS) is 54.2. The van der Waals surface area contributed by atoms with E-state index in [0.717, 1.165) is 101 Å². The molecule has 8 spiro atoms. The summed E-state index contributed by atoms with van der Waals surface area (Å²) in [6.07, 6.45) is 26.7. The highest BCUT2D eigenvalue weighted by atomic mass is 16.7. The molecular formula is C77H92N2O11. The standard InChI is InChI=1S/C77H92N2O11/c1-68-25-20-49-33-48-21-26-71-28-27-70(23-6-7-24-70)58(71)19-18-53-52-35-69(2)75-47(16-13-46-38-86-57(59(46)75)34-51(56(81)37-80)44-14-17-50-45(32-44)22-29-79-40-78-36-55(50)79)15-12-43-11-10-42(30-41-8-4-3-5-9-41)31-54(43)74(77(69)65(88-77)67(85)89-75)61(52)72(62(68)60(82)64(74)83)39-87-66(84)63(73(48,53)71)76(49,72)90-68/h3-5,8-9,20,22,29,38,42-45,47-48,50-56,58,61-65,78,80-81,83H,6-7,10-11,13-14,16-19,21,23-28,30-37,39-40H2,1-2H3/t42-,43-,44+,45-,47+,48-,50+,51+,52+,53+,54+,55-,56-,58+,61-,62-,63+,64-,65-,68+,69+,71-,72-,73+,74+,75+,76+,77-/m1/s1. The van der Waals surface area contributed by atoms with Crippen molar-refractivity contribution in [3.63, 3.8) is 0 Å². The van der Waals surface area contributed by atoms with E-state index in [0.29, 0.717) is 68.1 Å². The van der Waals surface area contributed by atoms with Crippen LogP contribution in [0, 0.1) is 133 Å². The van der Waals surface area contributed by atoms with Gasteiger partial charge in [-0.15, -0.1) is 0 Å². The molecule has 13 nitrogen and oxygen atoms in total. The Balaban J connectivity index is 0.825. The van der Waals surface area contributed by atoms with Crippen molar-refractivity contribution in [2.75, 3.05) is 26.4 Å². The van der Waals surface area contributed by atoms with Gasteiger partial charge in [0.15, 0.2) is 17.5 Å². The Morgan fingerprint density at radius 1 is 0.867 bits per heavy atom. The van der Waals surface area contributed by atoms with Crippen LogP contribution in [-0.2, 0) is 58.2 Å². The van der Waals surface area contributed by atoms with E-state index in [1.165, 1.54) is 43.2 Å². The second kappa shape index (κ2) is 17.6. The highest BCUT2D eigenvalue weighted by Crippen LogP contribution is 2.95. The predicted molar refractivity (Wildman–Crippen MR) is 327 cm³/mol. The van der Waals surface area contributed by atoms with Gasteiger partial charge in [0.2, 0.25) is 0 Å². The van der Waals surface area contributed by atoms with Crippen molar-refractivity contribution in [1.29, 1.82) is 0 Å². The van der Waals surface area contributed by atoms with Crippen LogP contribution in [0.5, 0.6) is 0 Å². The number of ether oxygens (including phenoxy) is 4. The quantitative estimate of drug-likeness (QED) is 0.0892.